The number of nitrogens with zero attached hydrogens (tertiary/aromatic N) is 1. The van der Waals surface area contributed by atoms with Crippen LogP contribution in [-0.4, -0.2) is 29.3 Å². The second-order valence-corrected chi connectivity index (χ2v) is 6.83. The molecule has 1 fully saturated rings. The van der Waals surface area contributed by atoms with Gasteiger partial charge in [-0.2, -0.15) is 0 Å². The van der Waals surface area contributed by atoms with Crippen molar-refractivity contribution in [1.29, 1.82) is 0 Å². The van der Waals surface area contributed by atoms with Crippen LogP contribution in [0.1, 0.15) is 69.3 Å². The van der Waals surface area contributed by atoms with E-state index in [1.807, 2.05) is 12.1 Å². The normalized spacial score (nSPS) is 20.8. The second kappa shape index (κ2) is 8.84. The van der Waals surface area contributed by atoms with Crippen molar-refractivity contribution in [3.05, 3.63) is 35.4 Å². The highest BCUT2D eigenvalue weighted by Gasteiger charge is 2.38. The van der Waals surface area contributed by atoms with Gasteiger partial charge in [0.05, 0.1) is 0 Å². The van der Waals surface area contributed by atoms with Crippen molar-refractivity contribution in [2.75, 3.05) is 13.1 Å². The molecule has 0 aliphatic carbocycles. The number of halogens is 1. The average Bonchev–Trinajstić information content (AvgIpc) is 2.55. The number of hydrogen-bond acceptors (Lipinski definition) is 2. The van der Waals surface area contributed by atoms with E-state index >= 15 is 0 Å². The Bertz CT molecular complexity index is 493. The van der Waals surface area contributed by atoms with Crippen LogP contribution in [0.3, 0.4) is 0 Å². The fourth-order valence-corrected chi connectivity index (χ4v) is 4.21. The highest BCUT2D eigenvalue weighted by atomic mass is 35.5. The van der Waals surface area contributed by atoms with Gasteiger partial charge >= 0.3 is 0 Å². The zero-order valence-electron chi connectivity index (χ0n) is 15.1. The van der Waals surface area contributed by atoms with Gasteiger partial charge in [-0.15, -0.1) is 12.4 Å². The maximum atomic E-state index is 11.4. The Kier molecular flexibility index (Phi) is 7.76. The fourth-order valence-electron chi connectivity index (χ4n) is 4.21. The lowest BCUT2D eigenvalue weighted by Crippen LogP contribution is -2.53. The van der Waals surface area contributed by atoms with Crippen molar-refractivity contribution >= 4 is 18.2 Å². The van der Waals surface area contributed by atoms with Crippen LogP contribution in [0.5, 0.6) is 0 Å². The molecule has 3 heteroatoms. The van der Waals surface area contributed by atoms with Crippen LogP contribution in [-0.2, 0) is 6.42 Å². The van der Waals surface area contributed by atoms with E-state index in [0.29, 0.717) is 5.54 Å². The number of benzene rings is 1. The van der Waals surface area contributed by atoms with Gasteiger partial charge in [-0.25, -0.2) is 0 Å². The summed E-state index contributed by atoms with van der Waals surface area (Å²) in [6.07, 6.45) is 6.25. The van der Waals surface area contributed by atoms with Gasteiger partial charge in [0.2, 0.25) is 0 Å². The molecule has 0 aromatic heterocycles. The SMILES string of the molecule is CCN1CCC(Cc2ccc(C(C)=O)cc2)CC1(CC)CC.Cl. The van der Waals surface area contributed by atoms with Crippen molar-refractivity contribution in [2.45, 2.75) is 65.3 Å². The lowest BCUT2D eigenvalue weighted by molar-refractivity contribution is 0.0168. The average molecular weight is 338 g/mol. The monoisotopic (exact) mass is 337 g/mol. The number of hydrogen-bond donors (Lipinski definition) is 0. The van der Waals surface area contributed by atoms with Crippen LogP contribution >= 0.6 is 12.4 Å². The van der Waals surface area contributed by atoms with Gasteiger partial charge in [-0.1, -0.05) is 45.0 Å². The summed E-state index contributed by atoms with van der Waals surface area (Å²) in [5.41, 5.74) is 2.60. The van der Waals surface area contributed by atoms with Crippen molar-refractivity contribution in [3.63, 3.8) is 0 Å². The molecule has 1 aliphatic heterocycles. The summed E-state index contributed by atoms with van der Waals surface area (Å²) in [6, 6.07) is 8.24. The number of carbonyl (C=O) groups is 1. The summed E-state index contributed by atoms with van der Waals surface area (Å²) in [5, 5.41) is 0. The number of likely N-dealkylation sites (tertiary alicyclic amines) is 1. The van der Waals surface area contributed by atoms with E-state index in [-0.39, 0.29) is 18.2 Å². The van der Waals surface area contributed by atoms with E-state index < -0.39 is 0 Å². The summed E-state index contributed by atoms with van der Waals surface area (Å²) in [7, 11) is 0. The molecule has 0 saturated carbocycles. The molecule has 1 aromatic rings. The molecule has 1 aromatic carbocycles. The molecule has 1 atom stereocenters. The van der Waals surface area contributed by atoms with Crippen molar-refractivity contribution < 1.29 is 4.79 Å². The van der Waals surface area contributed by atoms with Gasteiger partial charge in [0.25, 0.3) is 0 Å². The van der Waals surface area contributed by atoms with Gasteiger partial charge in [0, 0.05) is 11.1 Å². The third-order valence-corrected chi connectivity index (χ3v) is 5.73. The van der Waals surface area contributed by atoms with Gasteiger partial charge in [0.15, 0.2) is 5.78 Å². The molecular weight excluding hydrogens is 306 g/mol. The van der Waals surface area contributed by atoms with Crippen LogP contribution in [0.25, 0.3) is 0 Å². The molecule has 1 heterocycles. The predicted molar refractivity (Wildman–Crippen MR) is 101 cm³/mol. The Labute approximate surface area is 148 Å². The predicted octanol–water partition coefficient (Wildman–Crippen LogP) is 5.14. The van der Waals surface area contributed by atoms with Crippen molar-refractivity contribution in [2.24, 2.45) is 5.92 Å². The molecule has 0 radical (unpaired) electrons. The molecule has 2 rings (SSSR count). The second-order valence-electron chi connectivity index (χ2n) is 6.83. The van der Waals surface area contributed by atoms with Gasteiger partial charge < -0.3 is 0 Å². The Morgan fingerprint density at radius 1 is 1.17 bits per heavy atom. The van der Waals surface area contributed by atoms with E-state index in [2.05, 4.69) is 37.8 Å². The molecule has 0 spiro atoms. The van der Waals surface area contributed by atoms with Crippen LogP contribution in [0.2, 0.25) is 0 Å². The first kappa shape index (κ1) is 20.2. The summed E-state index contributed by atoms with van der Waals surface area (Å²) in [6.45, 7) is 11.0. The smallest absolute Gasteiger partial charge is 0.159 e. The van der Waals surface area contributed by atoms with Crippen molar-refractivity contribution in [1.82, 2.24) is 4.90 Å². The third kappa shape index (κ3) is 4.58. The van der Waals surface area contributed by atoms with Crippen LogP contribution in [0, 0.1) is 5.92 Å². The largest absolute Gasteiger partial charge is 0.298 e. The molecule has 23 heavy (non-hydrogen) atoms. The molecule has 1 unspecified atom stereocenters. The quantitative estimate of drug-likeness (QED) is 0.669. The van der Waals surface area contributed by atoms with E-state index in [0.717, 1.165) is 17.9 Å². The lowest BCUT2D eigenvalue weighted by Gasteiger charge is -2.49. The first-order valence-corrected chi connectivity index (χ1v) is 8.89. The number of piperidine rings is 1. The molecule has 2 nitrogen and oxygen atoms in total. The molecule has 1 saturated heterocycles. The Hall–Kier alpha value is -0.860. The lowest BCUT2D eigenvalue weighted by atomic mass is 9.74. The molecule has 0 bridgehead atoms. The minimum Gasteiger partial charge on any atom is -0.298 e. The van der Waals surface area contributed by atoms with E-state index in [9.17, 15) is 4.79 Å². The van der Waals surface area contributed by atoms with Crippen LogP contribution in [0.4, 0.5) is 0 Å². The van der Waals surface area contributed by atoms with Gasteiger partial charge in [0.1, 0.15) is 0 Å². The minimum absolute atomic E-state index is 0. The Morgan fingerprint density at radius 2 is 1.78 bits per heavy atom. The zero-order valence-corrected chi connectivity index (χ0v) is 15.9. The van der Waals surface area contributed by atoms with Gasteiger partial charge in [-0.3, -0.25) is 9.69 Å². The summed E-state index contributed by atoms with van der Waals surface area (Å²) < 4.78 is 0. The van der Waals surface area contributed by atoms with E-state index in [1.165, 1.54) is 44.3 Å². The molecular formula is C20H32ClNO. The summed E-state index contributed by atoms with van der Waals surface area (Å²) >= 11 is 0. The zero-order chi connectivity index (χ0) is 16.2. The van der Waals surface area contributed by atoms with Crippen LogP contribution in [0.15, 0.2) is 24.3 Å². The van der Waals surface area contributed by atoms with Crippen molar-refractivity contribution in [3.8, 4) is 0 Å². The standard InChI is InChI=1S/C20H31NO.ClH/c1-5-20(6-2)15-18(12-13-21(20)7-3)14-17-8-10-19(11-9-17)16(4)22;/h8-11,18H,5-7,12-15H2,1-4H3;1H. The van der Waals surface area contributed by atoms with Gasteiger partial charge in [-0.05, 0) is 63.6 Å². The third-order valence-electron chi connectivity index (χ3n) is 5.73. The van der Waals surface area contributed by atoms with Crippen LogP contribution < -0.4 is 0 Å². The topological polar surface area (TPSA) is 20.3 Å². The summed E-state index contributed by atoms with van der Waals surface area (Å²) in [4.78, 5) is 14.1. The number of carbonyl (C=O) groups excluding carboxylic acids is 1. The molecule has 0 N–H and O–H groups in total. The first-order valence-electron chi connectivity index (χ1n) is 8.89. The number of rotatable bonds is 6. The highest BCUT2D eigenvalue weighted by Crippen LogP contribution is 2.38. The Balaban J connectivity index is 0.00000264. The van der Waals surface area contributed by atoms with E-state index in [1.54, 1.807) is 6.92 Å². The maximum absolute atomic E-state index is 11.4. The highest BCUT2D eigenvalue weighted by molar-refractivity contribution is 5.94. The minimum atomic E-state index is 0. The first-order chi connectivity index (χ1) is 10.5. The Morgan fingerprint density at radius 3 is 2.26 bits per heavy atom. The maximum Gasteiger partial charge on any atom is 0.159 e. The fraction of sp³-hybridized carbons (Fsp3) is 0.650. The molecule has 0 amide bonds. The van der Waals surface area contributed by atoms with E-state index in [4.69, 9.17) is 0 Å². The number of Topliss-reactive ketones (excluding diaryl/α,β-unsaturated/α-hetero) is 1. The summed E-state index contributed by atoms with van der Waals surface area (Å²) in [5.74, 6) is 0.921. The number of ketones is 1. The molecule has 130 valence electrons. The molecule has 1 aliphatic rings.